The molecule has 62 heavy (non-hydrogen) atoms. The molecule has 4 aromatic carbocycles. The molecule has 2 fully saturated rings. The number of hydrogen-bond acceptors (Lipinski definition) is 0. The van der Waals surface area contributed by atoms with Gasteiger partial charge >= 0.3 is 392 Å². The molecule has 8 rings (SSSR count). The summed E-state index contributed by atoms with van der Waals surface area (Å²) in [7, 11) is 15.9. The molecule has 3 atom stereocenters. The Bertz CT molecular complexity index is 2110. The molecule has 4 aliphatic rings. The second-order valence-corrected chi connectivity index (χ2v) is 74.1. The summed E-state index contributed by atoms with van der Waals surface area (Å²) in [4.78, 5) is 0. The van der Waals surface area contributed by atoms with E-state index in [1.165, 1.54) is 138 Å². The Labute approximate surface area is 388 Å². The summed E-state index contributed by atoms with van der Waals surface area (Å²) in [5.74, 6) is -0.328. The van der Waals surface area contributed by atoms with Gasteiger partial charge in [0.25, 0.3) is 0 Å². The predicted molar refractivity (Wildman–Crippen MR) is 283 cm³/mol. The molecule has 0 aliphatic heterocycles. The summed E-state index contributed by atoms with van der Waals surface area (Å²) in [6.07, 6.45) is 25.1. The van der Waals surface area contributed by atoms with Crippen LogP contribution in [0.15, 0.2) is 96.1 Å². The summed E-state index contributed by atoms with van der Waals surface area (Å²) in [5, 5.41) is 3.04. The molecule has 4 aromatic rings. The SMILES string of the molecule is CCC[SiH](C)[Zr]([Cl])([Cl])([CH]1C(CC2CCCCCC2)=Cc2c(-c3ccc([Si](C)(C)C)cc3)cccc21)[CH]1C(CC2CCCCCC2)=Cc2c(-c3ccc([Si](C)(C)C)cc3)cccc21. The van der Waals surface area contributed by atoms with Gasteiger partial charge < -0.3 is 0 Å². The summed E-state index contributed by atoms with van der Waals surface area (Å²) < 4.78 is 0.279. The van der Waals surface area contributed by atoms with E-state index < -0.39 is 37.6 Å². The molecule has 0 heterocycles. The molecule has 0 N–H and O–H groups in total. The molecule has 331 valence electrons. The van der Waals surface area contributed by atoms with Gasteiger partial charge in [0.05, 0.1) is 0 Å². The molecule has 0 saturated heterocycles. The maximum atomic E-state index is 9.38. The van der Waals surface area contributed by atoms with Gasteiger partial charge in [-0.15, -0.1) is 0 Å². The van der Waals surface area contributed by atoms with Crippen molar-refractivity contribution in [1.29, 1.82) is 0 Å². The molecular formula is C56H77Cl2Si3Zr. The van der Waals surface area contributed by atoms with Gasteiger partial charge in [0.1, 0.15) is 0 Å². The minimum atomic E-state index is -5.11. The number of fused-ring (bicyclic) bond motifs is 2. The zero-order chi connectivity index (χ0) is 43.9. The minimum absolute atomic E-state index is 0.139. The third-order valence-corrected chi connectivity index (χ3v) is 70.8. The first-order valence-electron chi connectivity index (χ1n) is 25.0. The van der Waals surface area contributed by atoms with E-state index in [9.17, 15) is 17.0 Å². The van der Waals surface area contributed by atoms with Crippen molar-refractivity contribution < 1.29 is 15.6 Å². The monoisotopic (exact) mass is 993 g/mol. The van der Waals surface area contributed by atoms with Crippen LogP contribution in [-0.4, -0.2) is 22.1 Å². The van der Waals surface area contributed by atoms with E-state index in [0.717, 1.165) is 19.3 Å². The van der Waals surface area contributed by atoms with Crippen molar-refractivity contribution in [3.05, 3.63) is 118 Å². The standard InChI is InChI=1S/2C26H33Si.C4H11Si.2ClH.Zr/c2*1-27(2,3)24-15-13-22(14-16-24)25-12-8-11-23-18-21(19-26(23)25)17-20-9-6-4-5-7-10-20;1-3-4-5-2;;;/h2*8,11-16,18-20H,4-7,9-10,17H2,1-3H3;5H,3-4H2,1-2H3;2*1H;/q;;;;;+2/p-2. The Balaban J connectivity index is 1.34. The van der Waals surface area contributed by atoms with Gasteiger partial charge in [-0.05, 0) is 0 Å². The van der Waals surface area contributed by atoms with E-state index in [1.54, 1.807) is 11.1 Å². The molecule has 0 amide bonds. The van der Waals surface area contributed by atoms with Gasteiger partial charge in [0, 0.05) is 0 Å². The molecule has 4 aliphatic carbocycles. The Hall–Kier alpha value is -1.53. The van der Waals surface area contributed by atoms with Crippen LogP contribution in [0.1, 0.15) is 133 Å². The number of hydrogen-bond donors (Lipinski definition) is 0. The molecule has 2 saturated carbocycles. The normalized spacial score (nSPS) is 21.5. The van der Waals surface area contributed by atoms with Crippen LogP contribution in [-0.2, 0) is 15.6 Å². The first kappa shape index (κ1) is 47.0. The Morgan fingerprint density at radius 1 is 0.532 bits per heavy atom. The number of allylic oxidation sites excluding steroid dienone is 2. The zero-order valence-corrected chi connectivity index (χ0v) is 46.8. The average molecular weight is 997 g/mol. The van der Waals surface area contributed by atoms with Crippen LogP contribution in [0.25, 0.3) is 34.4 Å². The molecule has 0 bridgehead atoms. The summed E-state index contributed by atoms with van der Waals surface area (Å²) in [6.45, 7) is 19.8. The second-order valence-electron chi connectivity index (χ2n) is 22.6. The third-order valence-electron chi connectivity index (χ3n) is 16.2. The molecule has 3 unspecified atom stereocenters. The van der Waals surface area contributed by atoms with Crippen LogP contribution in [0, 0.1) is 11.8 Å². The van der Waals surface area contributed by atoms with Crippen molar-refractivity contribution >= 4 is 61.6 Å². The third kappa shape index (κ3) is 9.38. The van der Waals surface area contributed by atoms with Crippen LogP contribution in [0.4, 0.5) is 0 Å². The van der Waals surface area contributed by atoms with E-state index in [-0.39, 0.29) is 7.25 Å². The second kappa shape index (κ2) is 19.0. The van der Waals surface area contributed by atoms with Gasteiger partial charge in [-0.3, -0.25) is 0 Å². The molecule has 6 heteroatoms. The van der Waals surface area contributed by atoms with E-state index in [1.807, 2.05) is 0 Å². The number of rotatable bonds is 13. The molecular weight excluding hydrogens is 919 g/mol. The summed E-state index contributed by atoms with van der Waals surface area (Å²) in [5.41, 5.74) is 14.4. The fourth-order valence-corrected chi connectivity index (χ4v) is 56.2. The average Bonchev–Trinajstić information content (AvgIpc) is 3.55. The topological polar surface area (TPSA) is 0 Å². The fourth-order valence-electron chi connectivity index (χ4n) is 12.6. The van der Waals surface area contributed by atoms with Gasteiger partial charge in [-0.25, -0.2) is 0 Å². The van der Waals surface area contributed by atoms with Crippen molar-refractivity contribution in [2.45, 2.75) is 162 Å². The molecule has 0 nitrogen and oxygen atoms in total. The fraction of sp³-hybridized carbons (Fsp3) is 0.500. The van der Waals surface area contributed by atoms with E-state index in [4.69, 9.17) is 0 Å². The first-order valence-corrected chi connectivity index (χ1v) is 48.0. The predicted octanol–water partition coefficient (Wildman–Crippen LogP) is 17.2. The van der Waals surface area contributed by atoms with Crippen molar-refractivity contribution in [3.63, 3.8) is 0 Å². The van der Waals surface area contributed by atoms with Crippen molar-refractivity contribution in [1.82, 2.24) is 0 Å². The first-order chi connectivity index (χ1) is 29.6. The number of benzene rings is 4. The van der Waals surface area contributed by atoms with Gasteiger partial charge in [0.15, 0.2) is 0 Å². The Morgan fingerprint density at radius 3 is 1.24 bits per heavy atom. The van der Waals surface area contributed by atoms with E-state index in [2.05, 4.69) is 150 Å². The summed E-state index contributed by atoms with van der Waals surface area (Å²) in [6, 6.07) is 35.0. The Kier molecular flexibility index (Phi) is 14.4. The zero-order valence-electron chi connectivity index (χ0n) is 39.7. The van der Waals surface area contributed by atoms with Crippen molar-refractivity contribution in [2.24, 2.45) is 11.8 Å². The number of halogens is 2. The van der Waals surface area contributed by atoms with Crippen LogP contribution in [0.2, 0.25) is 51.9 Å². The van der Waals surface area contributed by atoms with Crippen molar-refractivity contribution in [3.8, 4) is 22.3 Å². The van der Waals surface area contributed by atoms with Crippen LogP contribution < -0.4 is 10.4 Å². The molecule has 0 spiro atoms. The van der Waals surface area contributed by atoms with Gasteiger partial charge in [-0.2, -0.15) is 0 Å². The molecule has 0 radical (unpaired) electrons. The van der Waals surface area contributed by atoms with Crippen LogP contribution in [0.3, 0.4) is 0 Å². The maximum absolute atomic E-state index is 9.38. The van der Waals surface area contributed by atoms with Crippen molar-refractivity contribution in [2.75, 3.05) is 0 Å². The Morgan fingerprint density at radius 2 is 0.903 bits per heavy atom. The van der Waals surface area contributed by atoms with Gasteiger partial charge in [0.2, 0.25) is 0 Å². The summed E-state index contributed by atoms with van der Waals surface area (Å²) >= 11 is -5.11. The van der Waals surface area contributed by atoms with E-state index in [0.29, 0.717) is 11.8 Å². The van der Waals surface area contributed by atoms with Crippen LogP contribution >= 0.6 is 17.0 Å². The quantitative estimate of drug-likeness (QED) is 0.0925. The molecule has 0 aromatic heterocycles. The van der Waals surface area contributed by atoms with Crippen LogP contribution in [0.5, 0.6) is 0 Å². The van der Waals surface area contributed by atoms with Gasteiger partial charge in [-0.1, -0.05) is 0 Å². The van der Waals surface area contributed by atoms with E-state index >= 15 is 0 Å².